The second-order valence-corrected chi connectivity index (χ2v) is 13.9. The first-order valence-corrected chi connectivity index (χ1v) is 17.8. The monoisotopic (exact) mass is 674 g/mol. The number of pyridine rings is 1. The minimum atomic E-state index is -4.52. The second-order valence-electron chi connectivity index (χ2n) is 12.1. The topological polar surface area (TPSA) is 129 Å². The number of anilines is 1. The number of sulfonamides is 1. The highest BCUT2D eigenvalue weighted by Crippen LogP contribution is 2.54. The van der Waals surface area contributed by atoms with E-state index in [-0.39, 0.29) is 10.7 Å². The van der Waals surface area contributed by atoms with Crippen LogP contribution in [0.15, 0.2) is 59.8 Å². The number of rotatable bonds is 10. The van der Waals surface area contributed by atoms with Crippen LogP contribution in [0.3, 0.4) is 0 Å². The predicted octanol–water partition coefficient (Wildman–Crippen LogP) is 3.45. The number of nitrogens with zero attached hydrogens (tertiary/aromatic N) is 6. The molecule has 48 heavy (non-hydrogen) atoms. The van der Waals surface area contributed by atoms with E-state index in [9.17, 15) is 13.7 Å². The number of piperidine rings is 1. The minimum absolute atomic E-state index is 0.166. The number of likely N-dealkylation sites (tertiary alicyclic amines) is 1. The average molecular weight is 675 g/mol. The van der Waals surface area contributed by atoms with Crippen LogP contribution in [0.1, 0.15) is 43.4 Å². The van der Waals surface area contributed by atoms with Gasteiger partial charge in [-0.3, -0.25) is 14.6 Å². The molecule has 3 aliphatic heterocycles. The van der Waals surface area contributed by atoms with Crippen molar-refractivity contribution in [2.75, 3.05) is 70.9 Å². The zero-order valence-electron chi connectivity index (χ0n) is 27.9. The summed E-state index contributed by atoms with van der Waals surface area (Å²) in [5.74, 6) is 0.612. The van der Waals surface area contributed by atoms with E-state index in [1.807, 2.05) is 6.92 Å². The van der Waals surface area contributed by atoms with Crippen LogP contribution in [0.4, 0.5) is 5.69 Å². The zero-order chi connectivity index (χ0) is 34.1. The number of benzene rings is 2. The Hall–Kier alpha value is -4.22. The van der Waals surface area contributed by atoms with Crippen LogP contribution >= 0.6 is 0 Å². The van der Waals surface area contributed by atoms with Gasteiger partial charge in [-0.1, -0.05) is 6.92 Å². The molecule has 4 heterocycles. The van der Waals surface area contributed by atoms with Crippen molar-refractivity contribution in [3.05, 3.63) is 71.4 Å². The lowest BCUT2D eigenvalue weighted by molar-refractivity contribution is -0.127. The van der Waals surface area contributed by atoms with Crippen molar-refractivity contribution in [1.29, 1.82) is 5.26 Å². The van der Waals surface area contributed by atoms with E-state index in [1.165, 1.54) is 37.6 Å². The Bertz CT molecular complexity index is 1800. The molecule has 2 aromatic carbocycles. The molecule has 2 saturated heterocycles. The number of ether oxygens (including phenoxy) is 3. The van der Waals surface area contributed by atoms with E-state index < -0.39 is 21.5 Å². The number of carbonyl (C=O) groups is 1. The molecule has 1 aromatic heterocycles. The summed E-state index contributed by atoms with van der Waals surface area (Å²) < 4.78 is 46.8. The Morgan fingerprint density at radius 1 is 0.917 bits per heavy atom. The van der Waals surface area contributed by atoms with Crippen molar-refractivity contribution >= 4 is 21.6 Å². The van der Waals surface area contributed by atoms with Gasteiger partial charge in [-0.25, -0.2) is 4.98 Å². The van der Waals surface area contributed by atoms with Gasteiger partial charge in [0.2, 0.25) is 0 Å². The van der Waals surface area contributed by atoms with Gasteiger partial charge in [0, 0.05) is 56.4 Å². The molecule has 0 bridgehead atoms. The van der Waals surface area contributed by atoms with E-state index in [4.69, 9.17) is 14.2 Å². The molecule has 1 unspecified atom stereocenters. The molecule has 13 heteroatoms. The number of aromatic nitrogens is 1. The van der Waals surface area contributed by atoms with Crippen molar-refractivity contribution < 1.29 is 27.4 Å². The second kappa shape index (κ2) is 13.7. The van der Waals surface area contributed by atoms with Gasteiger partial charge in [-0.05, 0) is 74.8 Å². The van der Waals surface area contributed by atoms with Gasteiger partial charge in [-0.2, -0.15) is 18.0 Å². The van der Waals surface area contributed by atoms with Gasteiger partial charge in [0.15, 0.2) is 10.6 Å². The lowest BCUT2D eigenvalue weighted by Crippen LogP contribution is -2.59. The third kappa shape index (κ3) is 5.66. The number of piperazine rings is 1. The third-order valence-electron chi connectivity index (χ3n) is 9.86. The molecule has 1 atom stereocenters. The largest absolute Gasteiger partial charge is 0.497 e. The maximum absolute atomic E-state index is 15.4. The number of likely N-dealkylation sites (N-methyl/N-ethyl adjacent to an activating group) is 1. The Morgan fingerprint density at radius 2 is 1.62 bits per heavy atom. The third-order valence-corrected chi connectivity index (χ3v) is 11.5. The van der Waals surface area contributed by atoms with Gasteiger partial charge in [0.25, 0.3) is 15.9 Å². The average Bonchev–Trinajstić information content (AvgIpc) is 3.40. The predicted molar refractivity (Wildman–Crippen MR) is 180 cm³/mol. The number of methoxy groups -OCH3 is 2. The fraction of sp³-hybridized carbons (Fsp3) is 0.457. The molecule has 12 nitrogen and oxygen atoms in total. The van der Waals surface area contributed by atoms with E-state index >= 15 is 4.79 Å². The number of nitriles is 1. The van der Waals surface area contributed by atoms with E-state index in [1.54, 1.807) is 31.4 Å². The van der Waals surface area contributed by atoms with Gasteiger partial charge in [-0.15, -0.1) is 0 Å². The van der Waals surface area contributed by atoms with E-state index in [0.29, 0.717) is 59.7 Å². The molecule has 2 fully saturated rings. The van der Waals surface area contributed by atoms with Crippen LogP contribution in [0.2, 0.25) is 0 Å². The fourth-order valence-corrected chi connectivity index (χ4v) is 8.75. The number of hydrogen-bond acceptors (Lipinski definition) is 11. The van der Waals surface area contributed by atoms with Crippen molar-refractivity contribution in [3.8, 4) is 23.3 Å². The van der Waals surface area contributed by atoms with Crippen molar-refractivity contribution in [3.63, 3.8) is 0 Å². The van der Waals surface area contributed by atoms with Crippen LogP contribution < -0.4 is 18.5 Å². The lowest BCUT2D eigenvalue weighted by Gasteiger charge is -2.47. The quantitative estimate of drug-likeness (QED) is 0.314. The van der Waals surface area contributed by atoms with Crippen LogP contribution in [-0.4, -0.2) is 107 Å². The molecule has 3 aromatic rings. The van der Waals surface area contributed by atoms with Crippen molar-refractivity contribution in [2.24, 2.45) is 0 Å². The Labute approximate surface area is 282 Å². The van der Waals surface area contributed by atoms with E-state index in [2.05, 4.69) is 32.7 Å². The summed E-state index contributed by atoms with van der Waals surface area (Å²) in [6.07, 6.45) is 2.88. The van der Waals surface area contributed by atoms with Crippen LogP contribution in [0.25, 0.3) is 0 Å². The standard InChI is InChI=1S/C35H42N6O6S/c1-5-38-17-19-39(20-18-38)26-13-15-40(16-14-26)35(30-22-27(45-3)8-11-32(30)47-6-2)29-21-25(23-36)7-10-31(29)41(34(35)42)48(43,44)33-12-9-28(46-4)24-37-33/h7-12,21-22,24,26H,5-6,13-20H2,1-4H3. The molecule has 0 N–H and O–H groups in total. The van der Waals surface area contributed by atoms with Crippen LogP contribution in [0, 0.1) is 11.3 Å². The molecule has 3 aliphatic rings. The Morgan fingerprint density at radius 3 is 2.23 bits per heavy atom. The van der Waals surface area contributed by atoms with Gasteiger partial charge < -0.3 is 19.1 Å². The summed E-state index contributed by atoms with van der Waals surface area (Å²) in [5.41, 5.74) is -0.322. The normalized spacial score (nSPS) is 21.1. The summed E-state index contributed by atoms with van der Waals surface area (Å²) in [4.78, 5) is 26.6. The highest BCUT2D eigenvalue weighted by Gasteiger charge is 2.61. The lowest BCUT2D eigenvalue weighted by atomic mass is 9.79. The maximum atomic E-state index is 15.4. The molecule has 6 rings (SSSR count). The molecule has 0 saturated carbocycles. The molecular weight excluding hydrogens is 632 g/mol. The highest BCUT2D eigenvalue weighted by atomic mass is 32.2. The molecule has 254 valence electrons. The Balaban J connectivity index is 1.52. The summed E-state index contributed by atoms with van der Waals surface area (Å²) in [6, 6.07) is 15.3. The Kier molecular flexibility index (Phi) is 9.62. The first-order chi connectivity index (χ1) is 23.2. The van der Waals surface area contributed by atoms with Crippen molar-refractivity contribution in [2.45, 2.75) is 43.3 Å². The summed E-state index contributed by atoms with van der Waals surface area (Å²) in [6.45, 7) is 10.4. The van der Waals surface area contributed by atoms with Crippen LogP contribution in [-0.2, 0) is 20.4 Å². The summed E-state index contributed by atoms with van der Waals surface area (Å²) in [7, 11) is -1.51. The maximum Gasteiger partial charge on any atom is 0.288 e. The van der Waals surface area contributed by atoms with Crippen molar-refractivity contribution in [1.82, 2.24) is 19.7 Å². The number of amides is 1. The SMILES string of the molecule is CCOc1ccc(OC)cc1C1(N2CCC(N3CCN(CC)CC3)CC2)C(=O)N(S(=O)(=O)c2ccc(OC)cn2)c2ccc(C#N)cc21. The molecule has 0 spiro atoms. The van der Waals surface area contributed by atoms with Gasteiger partial charge in [0.1, 0.15) is 17.2 Å². The summed E-state index contributed by atoms with van der Waals surface area (Å²) >= 11 is 0. The zero-order valence-corrected chi connectivity index (χ0v) is 28.7. The number of fused-ring (bicyclic) bond motifs is 1. The molecular formula is C35H42N6O6S. The first kappa shape index (κ1) is 33.7. The highest BCUT2D eigenvalue weighted by molar-refractivity contribution is 7.93. The first-order valence-electron chi connectivity index (χ1n) is 16.4. The fourth-order valence-electron chi connectivity index (χ4n) is 7.36. The van der Waals surface area contributed by atoms with E-state index in [0.717, 1.165) is 49.9 Å². The van der Waals surface area contributed by atoms with Gasteiger partial charge >= 0.3 is 0 Å². The number of carbonyl (C=O) groups excluding carboxylic acids is 1. The smallest absolute Gasteiger partial charge is 0.288 e. The number of hydrogen-bond donors (Lipinski definition) is 0. The van der Waals surface area contributed by atoms with Gasteiger partial charge in [0.05, 0.1) is 44.3 Å². The molecule has 0 aliphatic carbocycles. The minimum Gasteiger partial charge on any atom is -0.497 e. The summed E-state index contributed by atoms with van der Waals surface area (Å²) in [5, 5.41) is 9.72. The molecule has 1 amide bonds. The molecule has 0 radical (unpaired) electrons. The van der Waals surface area contributed by atoms with Crippen LogP contribution in [0.5, 0.6) is 17.2 Å².